The second-order valence-corrected chi connectivity index (χ2v) is 10.00. The molecule has 26 heavy (non-hydrogen) atoms. The van der Waals surface area contributed by atoms with E-state index in [1.54, 1.807) is 42.5 Å². The van der Waals surface area contributed by atoms with Crippen molar-refractivity contribution in [1.29, 1.82) is 0 Å². The van der Waals surface area contributed by atoms with Crippen LogP contribution in [-0.4, -0.2) is 20.0 Å². The van der Waals surface area contributed by atoms with Gasteiger partial charge in [0.25, 0.3) is 0 Å². The first kappa shape index (κ1) is 17.5. The summed E-state index contributed by atoms with van der Waals surface area (Å²) in [5.74, 6) is -2.06. The van der Waals surface area contributed by atoms with E-state index in [-0.39, 0.29) is 16.5 Å². The number of hydrogen-bond donors (Lipinski definition) is 1. The van der Waals surface area contributed by atoms with E-state index in [2.05, 4.69) is 0 Å². The summed E-state index contributed by atoms with van der Waals surface area (Å²) in [4.78, 5) is 25.7. The molecular formula is C20H18O4S2. The fourth-order valence-corrected chi connectivity index (χ4v) is 7.08. The molecule has 4 rings (SSSR count). The maximum absolute atomic E-state index is 13.6. The first-order chi connectivity index (χ1) is 12.4. The van der Waals surface area contributed by atoms with Crippen molar-refractivity contribution in [2.75, 3.05) is 0 Å². The molecule has 0 saturated heterocycles. The lowest BCUT2D eigenvalue weighted by Crippen LogP contribution is -2.52. The van der Waals surface area contributed by atoms with Gasteiger partial charge >= 0.3 is 0 Å². The van der Waals surface area contributed by atoms with Crippen LogP contribution in [0, 0.1) is 11.8 Å². The number of carbonyl (C=O) groups excluding carboxylic acids is 2. The number of benzene rings is 2. The van der Waals surface area contributed by atoms with Crippen LogP contribution in [0.2, 0.25) is 0 Å². The van der Waals surface area contributed by atoms with E-state index >= 15 is 0 Å². The van der Waals surface area contributed by atoms with Crippen LogP contribution in [0.5, 0.6) is 0 Å². The van der Waals surface area contributed by atoms with Gasteiger partial charge in [-0.25, -0.2) is 8.42 Å². The van der Waals surface area contributed by atoms with Crippen molar-refractivity contribution >= 4 is 34.0 Å². The SMILES string of the molecule is O=C1CCCC2C1C(=O)c1ccccc1C2(S)S(=O)(=O)c1ccccc1. The minimum Gasteiger partial charge on any atom is -0.299 e. The number of thiol groups is 1. The van der Waals surface area contributed by atoms with E-state index in [0.717, 1.165) is 0 Å². The molecule has 0 heterocycles. The summed E-state index contributed by atoms with van der Waals surface area (Å²) in [5.41, 5.74) is 0.673. The molecule has 2 aliphatic rings. The molecule has 1 fully saturated rings. The van der Waals surface area contributed by atoms with E-state index in [9.17, 15) is 18.0 Å². The fourth-order valence-electron chi connectivity index (χ4n) is 4.29. The number of Topliss-reactive ketones (excluding diaryl/α,β-unsaturated/α-hetero) is 2. The molecule has 1 saturated carbocycles. The molecule has 2 aromatic carbocycles. The third-order valence-corrected chi connectivity index (χ3v) is 9.04. The Kier molecular flexibility index (Phi) is 4.08. The molecule has 4 nitrogen and oxygen atoms in total. The third-order valence-electron chi connectivity index (χ3n) is 5.51. The number of ketones is 2. The van der Waals surface area contributed by atoms with E-state index in [1.807, 2.05) is 0 Å². The van der Waals surface area contributed by atoms with Gasteiger partial charge in [0.05, 0.1) is 10.8 Å². The Morgan fingerprint density at radius 1 is 0.962 bits per heavy atom. The Labute approximate surface area is 157 Å². The van der Waals surface area contributed by atoms with E-state index in [1.165, 1.54) is 12.1 Å². The number of fused-ring (bicyclic) bond motifs is 2. The van der Waals surface area contributed by atoms with E-state index in [4.69, 9.17) is 12.6 Å². The molecule has 3 atom stereocenters. The molecule has 2 aromatic rings. The highest BCUT2D eigenvalue weighted by Gasteiger charge is 2.60. The molecule has 134 valence electrons. The van der Waals surface area contributed by atoms with Crippen LogP contribution in [0.15, 0.2) is 59.5 Å². The van der Waals surface area contributed by atoms with Gasteiger partial charge in [0.15, 0.2) is 15.6 Å². The van der Waals surface area contributed by atoms with Crippen LogP contribution in [0.25, 0.3) is 0 Å². The molecular weight excluding hydrogens is 368 g/mol. The molecule has 0 bridgehead atoms. The fraction of sp³-hybridized carbons (Fsp3) is 0.300. The third kappa shape index (κ3) is 2.25. The predicted molar refractivity (Wildman–Crippen MR) is 101 cm³/mol. The highest BCUT2D eigenvalue weighted by atomic mass is 32.2. The second-order valence-electron chi connectivity index (χ2n) is 6.87. The lowest BCUT2D eigenvalue weighted by atomic mass is 9.67. The van der Waals surface area contributed by atoms with Crippen molar-refractivity contribution in [3.63, 3.8) is 0 Å². The number of carbonyl (C=O) groups is 2. The Bertz CT molecular complexity index is 997. The van der Waals surface area contributed by atoms with Crippen LogP contribution in [-0.2, 0) is 18.7 Å². The summed E-state index contributed by atoms with van der Waals surface area (Å²) in [7, 11) is -3.93. The van der Waals surface area contributed by atoms with Gasteiger partial charge < -0.3 is 0 Å². The van der Waals surface area contributed by atoms with Crippen molar-refractivity contribution in [2.24, 2.45) is 11.8 Å². The molecule has 2 aliphatic carbocycles. The summed E-state index contributed by atoms with van der Waals surface area (Å²) in [6.07, 6.45) is 1.36. The van der Waals surface area contributed by atoms with Gasteiger partial charge in [0.1, 0.15) is 9.86 Å². The normalized spacial score (nSPS) is 28.3. The highest BCUT2D eigenvalue weighted by Crippen LogP contribution is 2.56. The highest BCUT2D eigenvalue weighted by molar-refractivity contribution is 8.05. The summed E-state index contributed by atoms with van der Waals surface area (Å²) >= 11 is 4.73. The molecule has 0 amide bonds. The molecule has 0 aromatic heterocycles. The largest absolute Gasteiger partial charge is 0.299 e. The van der Waals surface area contributed by atoms with Gasteiger partial charge in [0, 0.05) is 17.9 Å². The minimum atomic E-state index is -3.93. The molecule has 0 aliphatic heterocycles. The van der Waals surface area contributed by atoms with Crippen LogP contribution in [0.3, 0.4) is 0 Å². The van der Waals surface area contributed by atoms with Gasteiger partial charge in [-0.2, -0.15) is 12.6 Å². The summed E-state index contributed by atoms with van der Waals surface area (Å²) < 4.78 is 25.7. The van der Waals surface area contributed by atoms with E-state index in [0.29, 0.717) is 30.4 Å². The Hall–Kier alpha value is -1.92. The number of rotatable bonds is 2. The van der Waals surface area contributed by atoms with E-state index < -0.39 is 25.8 Å². The average molecular weight is 386 g/mol. The number of sulfone groups is 1. The zero-order chi connectivity index (χ0) is 18.5. The lowest BCUT2D eigenvalue weighted by Gasteiger charge is -2.46. The number of hydrogen-bond acceptors (Lipinski definition) is 5. The summed E-state index contributed by atoms with van der Waals surface area (Å²) in [6, 6.07) is 14.8. The lowest BCUT2D eigenvalue weighted by molar-refractivity contribution is -0.125. The van der Waals surface area contributed by atoms with Crippen molar-refractivity contribution in [1.82, 2.24) is 0 Å². The van der Waals surface area contributed by atoms with Crippen molar-refractivity contribution < 1.29 is 18.0 Å². The minimum absolute atomic E-state index is 0.149. The smallest absolute Gasteiger partial charge is 0.197 e. The first-order valence-corrected chi connectivity index (χ1v) is 10.5. The monoisotopic (exact) mass is 386 g/mol. The van der Waals surface area contributed by atoms with Crippen molar-refractivity contribution in [2.45, 2.75) is 28.2 Å². The van der Waals surface area contributed by atoms with Crippen LogP contribution in [0.4, 0.5) is 0 Å². The van der Waals surface area contributed by atoms with Gasteiger partial charge in [-0.05, 0) is 30.5 Å². The standard InChI is InChI=1S/C20H18O4S2/c21-17-12-6-11-16-18(17)19(22)14-9-4-5-10-15(14)20(16,25)26(23,24)13-7-2-1-3-8-13/h1-5,7-10,16,18,25H,6,11-12H2. The molecule has 0 N–H and O–H groups in total. The Morgan fingerprint density at radius 2 is 1.62 bits per heavy atom. The topological polar surface area (TPSA) is 68.3 Å². The van der Waals surface area contributed by atoms with Gasteiger partial charge in [-0.3, -0.25) is 9.59 Å². The van der Waals surface area contributed by atoms with Gasteiger partial charge in [0.2, 0.25) is 0 Å². The summed E-state index contributed by atoms with van der Waals surface area (Å²) in [5, 5.41) is 0. The molecule has 0 spiro atoms. The second kappa shape index (κ2) is 6.06. The van der Waals surface area contributed by atoms with Gasteiger partial charge in [-0.15, -0.1) is 0 Å². The molecule has 6 heteroatoms. The Balaban J connectivity index is 2.03. The van der Waals surface area contributed by atoms with Crippen molar-refractivity contribution in [3.8, 4) is 0 Å². The van der Waals surface area contributed by atoms with Crippen LogP contribution >= 0.6 is 12.6 Å². The summed E-state index contributed by atoms with van der Waals surface area (Å²) in [6.45, 7) is 0. The average Bonchev–Trinajstić information content (AvgIpc) is 2.66. The first-order valence-electron chi connectivity index (χ1n) is 8.57. The molecule has 0 radical (unpaired) electrons. The van der Waals surface area contributed by atoms with Crippen LogP contribution in [0.1, 0.15) is 35.2 Å². The maximum atomic E-state index is 13.6. The Morgan fingerprint density at radius 3 is 2.35 bits per heavy atom. The zero-order valence-electron chi connectivity index (χ0n) is 14.0. The predicted octanol–water partition coefficient (Wildman–Crippen LogP) is 3.42. The quantitative estimate of drug-likeness (QED) is 0.634. The van der Waals surface area contributed by atoms with Crippen LogP contribution < -0.4 is 0 Å². The molecule has 3 unspecified atom stereocenters. The maximum Gasteiger partial charge on any atom is 0.197 e. The zero-order valence-corrected chi connectivity index (χ0v) is 15.7. The van der Waals surface area contributed by atoms with Crippen molar-refractivity contribution in [3.05, 3.63) is 65.7 Å². The van der Waals surface area contributed by atoms with Gasteiger partial charge in [-0.1, -0.05) is 42.5 Å².